The van der Waals surface area contributed by atoms with E-state index in [9.17, 15) is 20.2 Å². The molecule has 7 nitrogen and oxygen atoms in total. The SMILES string of the molecule is CCOc1ccccc1/C=C(\C#N)C(=O)Nc1cc([N+](=O)[O-])ccc1C. The molecule has 0 spiro atoms. The summed E-state index contributed by atoms with van der Waals surface area (Å²) < 4.78 is 5.48. The largest absolute Gasteiger partial charge is 0.493 e. The predicted octanol–water partition coefficient (Wildman–Crippen LogP) is 3.85. The molecule has 2 aromatic rings. The maximum Gasteiger partial charge on any atom is 0.271 e. The van der Waals surface area contributed by atoms with Crippen LogP contribution in [-0.4, -0.2) is 17.4 Å². The molecule has 0 aliphatic rings. The first-order chi connectivity index (χ1) is 12.5. The monoisotopic (exact) mass is 351 g/mol. The lowest BCUT2D eigenvalue weighted by molar-refractivity contribution is -0.384. The first kappa shape index (κ1) is 18.7. The quantitative estimate of drug-likeness (QED) is 0.368. The molecule has 0 bridgehead atoms. The van der Waals surface area contributed by atoms with Gasteiger partial charge in [-0.25, -0.2) is 0 Å². The van der Waals surface area contributed by atoms with Crippen molar-refractivity contribution in [2.45, 2.75) is 13.8 Å². The summed E-state index contributed by atoms with van der Waals surface area (Å²) in [5, 5.41) is 22.8. The van der Waals surface area contributed by atoms with Crippen molar-refractivity contribution in [3.63, 3.8) is 0 Å². The van der Waals surface area contributed by atoms with E-state index in [1.807, 2.05) is 13.0 Å². The van der Waals surface area contributed by atoms with Crippen molar-refractivity contribution in [1.29, 1.82) is 5.26 Å². The van der Waals surface area contributed by atoms with Crippen LogP contribution in [0.25, 0.3) is 6.08 Å². The number of hydrogen-bond acceptors (Lipinski definition) is 5. The molecule has 0 fully saturated rings. The summed E-state index contributed by atoms with van der Waals surface area (Å²) in [5.41, 5.74) is 1.24. The van der Waals surface area contributed by atoms with E-state index in [1.54, 1.807) is 31.2 Å². The zero-order valence-electron chi connectivity index (χ0n) is 14.4. The Labute approximate surface area is 150 Å². The summed E-state index contributed by atoms with van der Waals surface area (Å²) in [6.07, 6.45) is 1.42. The van der Waals surface area contributed by atoms with E-state index in [0.29, 0.717) is 23.5 Å². The number of nitrogens with one attached hydrogen (secondary N) is 1. The number of non-ortho nitro benzene ring substituents is 1. The van der Waals surface area contributed by atoms with Crippen LogP contribution in [0.15, 0.2) is 48.0 Å². The summed E-state index contributed by atoms with van der Waals surface area (Å²) in [6.45, 7) is 3.99. The number of amides is 1. The van der Waals surface area contributed by atoms with Crippen LogP contribution in [0.3, 0.4) is 0 Å². The third-order valence-corrected chi connectivity index (χ3v) is 3.56. The summed E-state index contributed by atoms with van der Waals surface area (Å²) in [6, 6.07) is 13.0. The average Bonchev–Trinajstić information content (AvgIpc) is 2.62. The van der Waals surface area contributed by atoms with Crippen molar-refractivity contribution in [2.75, 3.05) is 11.9 Å². The van der Waals surface area contributed by atoms with Crippen molar-refractivity contribution < 1.29 is 14.5 Å². The van der Waals surface area contributed by atoms with Crippen molar-refractivity contribution in [2.24, 2.45) is 0 Å². The normalized spacial score (nSPS) is 10.7. The van der Waals surface area contributed by atoms with Gasteiger partial charge in [-0.05, 0) is 31.6 Å². The van der Waals surface area contributed by atoms with Gasteiger partial charge in [0, 0.05) is 17.7 Å². The maximum absolute atomic E-state index is 12.4. The highest BCUT2D eigenvalue weighted by Gasteiger charge is 2.15. The van der Waals surface area contributed by atoms with E-state index >= 15 is 0 Å². The van der Waals surface area contributed by atoms with E-state index in [-0.39, 0.29) is 16.9 Å². The number of hydrogen-bond donors (Lipinski definition) is 1. The van der Waals surface area contributed by atoms with E-state index in [1.165, 1.54) is 24.3 Å². The van der Waals surface area contributed by atoms with Crippen LogP contribution in [0.1, 0.15) is 18.1 Å². The minimum Gasteiger partial charge on any atom is -0.493 e. The number of carbonyl (C=O) groups is 1. The van der Waals surface area contributed by atoms with Crippen molar-refractivity contribution in [1.82, 2.24) is 0 Å². The van der Waals surface area contributed by atoms with Crippen LogP contribution in [0.5, 0.6) is 5.75 Å². The van der Waals surface area contributed by atoms with E-state index in [2.05, 4.69) is 5.32 Å². The van der Waals surface area contributed by atoms with Gasteiger partial charge in [-0.2, -0.15) is 5.26 Å². The van der Waals surface area contributed by atoms with Crippen molar-refractivity contribution in [3.05, 3.63) is 69.3 Å². The molecule has 2 rings (SSSR count). The van der Waals surface area contributed by atoms with E-state index in [4.69, 9.17) is 4.74 Å². The van der Waals surface area contributed by atoms with Gasteiger partial charge in [0.1, 0.15) is 17.4 Å². The number of rotatable bonds is 6. The van der Waals surface area contributed by atoms with Crippen LogP contribution in [-0.2, 0) is 4.79 Å². The molecule has 7 heteroatoms. The Hall–Kier alpha value is -3.66. The maximum atomic E-state index is 12.4. The second-order valence-electron chi connectivity index (χ2n) is 5.35. The Kier molecular flexibility index (Phi) is 6.06. The van der Waals surface area contributed by atoms with Crippen LogP contribution in [0.4, 0.5) is 11.4 Å². The number of ether oxygens (including phenoxy) is 1. The van der Waals surface area contributed by atoms with Crippen LogP contribution >= 0.6 is 0 Å². The van der Waals surface area contributed by atoms with E-state index < -0.39 is 10.8 Å². The van der Waals surface area contributed by atoms with Crippen LogP contribution in [0, 0.1) is 28.4 Å². The standard InChI is InChI=1S/C19H17N3O4/c1-3-26-18-7-5-4-6-14(18)10-15(12-20)19(23)21-17-11-16(22(24)25)9-8-13(17)2/h4-11H,3H2,1-2H3,(H,21,23)/b15-10+. The number of para-hydroxylation sites is 1. The Morgan fingerprint density at radius 2 is 2.08 bits per heavy atom. The minimum atomic E-state index is -0.651. The summed E-state index contributed by atoms with van der Waals surface area (Å²) >= 11 is 0. The van der Waals surface area contributed by atoms with Gasteiger partial charge >= 0.3 is 0 Å². The fourth-order valence-corrected chi connectivity index (χ4v) is 2.24. The third kappa shape index (κ3) is 4.45. The topological polar surface area (TPSA) is 105 Å². The Bertz CT molecular complexity index is 913. The van der Waals surface area contributed by atoms with Crippen molar-refractivity contribution >= 4 is 23.4 Å². The fraction of sp³-hybridized carbons (Fsp3) is 0.158. The first-order valence-corrected chi connectivity index (χ1v) is 7.86. The zero-order valence-corrected chi connectivity index (χ0v) is 14.4. The molecule has 0 aromatic heterocycles. The summed E-state index contributed by atoms with van der Waals surface area (Å²) in [7, 11) is 0. The second kappa shape index (κ2) is 8.44. The highest BCUT2D eigenvalue weighted by Crippen LogP contribution is 2.24. The lowest BCUT2D eigenvalue weighted by atomic mass is 10.1. The number of nitro benzene ring substituents is 1. The average molecular weight is 351 g/mol. The van der Waals surface area contributed by atoms with Gasteiger partial charge in [-0.3, -0.25) is 14.9 Å². The molecular weight excluding hydrogens is 334 g/mol. The van der Waals surface area contributed by atoms with E-state index in [0.717, 1.165) is 0 Å². The van der Waals surface area contributed by atoms with Gasteiger partial charge in [0.15, 0.2) is 0 Å². The molecule has 0 atom stereocenters. The minimum absolute atomic E-state index is 0.136. The number of benzene rings is 2. The Morgan fingerprint density at radius 1 is 1.35 bits per heavy atom. The third-order valence-electron chi connectivity index (χ3n) is 3.56. The van der Waals surface area contributed by atoms with Gasteiger partial charge in [-0.1, -0.05) is 24.3 Å². The molecule has 0 saturated heterocycles. The molecule has 0 radical (unpaired) electrons. The molecule has 0 aliphatic heterocycles. The van der Waals surface area contributed by atoms with Gasteiger partial charge in [0.2, 0.25) is 0 Å². The molecule has 0 saturated carbocycles. The molecule has 1 amide bonds. The number of nitrogens with zero attached hydrogens (tertiary/aromatic N) is 2. The fourth-order valence-electron chi connectivity index (χ4n) is 2.24. The number of carbonyl (C=O) groups excluding carboxylic acids is 1. The van der Waals surface area contributed by atoms with Gasteiger partial charge in [0.25, 0.3) is 11.6 Å². The molecule has 26 heavy (non-hydrogen) atoms. The molecule has 2 aromatic carbocycles. The lowest BCUT2D eigenvalue weighted by Gasteiger charge is -2.09. The highest BCUT2D eigenvalue weighted by atomic mass is 16.6. The number of aryl methyl sites for hydroxylation is 1. The smallest absolute Gasteiger partial charge is 0.271 e. The lowest BCUT2D eigenvalue weighted by Crippen LogP contribution is -2.14. The molecule has 0 aliphatic carbocycles. The van der Waals surface area contributed by atoms with Gasteiger partial charge in [-0.15, -0.1) is 0 Å². The molecule has 0 heterocycles. The second-order valence-corrected chi connectivity index (χ2v) is 5.35. The number of nitriles is 1. The zero-order chi connectivity index (χ0) is 19.1. The van der Waals surface area contributed by atoms with Crippen LogP contribution < -0.4 is 10.1 Å². The highest BCUT2D eigenvalue weighted by molar-refractivity contribution is 6.10. The van der Waals surface area contributed by atoms with Gasteiger partial charge in [0.05, 0.1) is 17.2 Å². The molecule has 132 valence electrons. The molecule has 0 unspecified atom stereocenters. The number of anilines is 1. The Morgan fingerprint density at radius 3 is 2.73 bits per heavy atom. The van der Waals surface area contributed by atoms with Crippen LogP contribution in [0.2, 0.25) is 0 Å². The van der Waals surface area contributed by atoms with Gasteiger partial charge < -0.3 is 10.1 Å². The Balaban J connectivity index is 2.32. The summed E-state index contributed by atoms with van der Waals surface area (Å²) in [5.74, 6) is -0.0931. The first-order valence-electron chi connectivity index (χ1n) is 7.86. The predicted molar refractivity (Wildman–Crippen MR) is 97.7 cm³/mol. The van der Waals surface area contributed by atoms with Crippen molar-refractivity contribution in [3.8, 4) is 11.8 Å². The number of nitro groups is 1. The summed E-state index contributed by atoms with van der Waals surface area (Å²) in [4.78, 5) is 22.8. The molecular formula is C19H17N3O4. The molecule has 1 N–H and O–H groups in total.